The van der Waals surface area contributed by atoms with Crippen LogP contribution >= 0.6 is 0 Å². The third-order valence-corrected chi connectivity index (χ3v) is 6.46. The van der Waals surface area contributed by atoms with Gasteiger partial charge >= 0.3 is 18.2 Å². The minimum Gasteiger partial charge on any atom is -0.444 e. The van der Waals surface area contributed by atoms with Crippen molar-refractivity contribution in [1.29, 1.82) is 0 Å². The predicted octanol–water partition coefficient (Wildman–Crippen LogP) is 4.66. The Hall–Kier alpha value is -2.95. The zero-order chi connectivity index (χ0) is 27.7. The third-order valence-electron chi connectivity index (χ3n) is 6.46. The lowest BCUT2D eigenvalue weighted by atomic mass is 9.96. The number of ether oxygens (including phenoxy) is 5. The fourth-order valence-electron chi connectivity index (χ4n) is 4.78. The van der Waals surface area contributed by atoms with Crippen LogP contribution < -0.4 is 5.73 Å². The highest BCUT2D eigenvalue weighted by molar-refractivity contribution is 5.95. The number of benzene rings is 1. The molecule has 10 nitrogen and oxygen atoms in total. The molecule has 0 bridgehead atoms. The monoisotopic (exact) mass is 532 g/mol. The summed E-state index contributed by atoms with van der Waals surface area (Å²) < 4.78 is 28.0. The lowest BCUT2D eigenvalue weighted by Gasteiger charge is -2.33. The SMILES string of the molecule is CC(C)CC1C(C=C(CCOC2CCCCO2)C(=O)OC(N)=O)OC(C)(C)N1C(=O)OCc1ccccc1. The summed E-state index contributed by atoms with van der Waals surface area (Å²) in [7, 11) is 0. The summed E-state index contributed by atoms with van der Waals surface area (Å²) in [6, 6.07) is 9.00. The van der Waals surface area contributed by atoms with E-state index in [1.807, 2.05) is 44.2 Å². The van der Waals surface area contributed by atoms with Gasteiger partial charge in [-0.25, -0.2) is 14.4 Å². The van der Waals surface area contributed by atoms with Crippen LogP contribution in [0, 0.1) is 5.92 Å². The van der Waals surface area contributed by atoms with Crippen molar-refractivity contribution in [2.24, 2.45) is 11.7 Å². The molecule has 0 spiro atoms. The number of carbonyl (C=O) groups excluding carboxylic acids is 3. The number of hydrogen-bond acceptors (Lipinski definition) is 8. The van der Waals surface area contributed by atoms with Crippen LogP contribution in [0.3, 0.4) is 0 Å². The van der Waals surface area contributed by atoms with Crippen molar-refractivity contribution in [3.63, 3.8) is 0 Å². The van der Waals surface area contributed by atoms with Crippen molar-refractivity contribution in [2.45, 2.75) is 90.6 Å². The molecule has 2 N–H and O–H groups in total. The largest absolute Gasteiger partial charge is 0.444 e. The molecular weight excluding hydrogens is 492 g/mol. The number of esters is 1. The smallest absolute Gasteiger partial charge is 0.412 e. The van der Waals surface area contributed by atoms with E-state index in [4.69, 9.17) is 24.7 Å². The fourth-order valence-corrected chi connectivity index (χ4v) is 4.78. The van der Waals surface area contributed by atoms with E-state index in [-0.39, 0.29) is 37.4 Å². The van der Waals surface area contributed by atoms with Crippen molar-refractivity contribution >= 4 is 18.2 Å². The van der Waals surface area contributed by atoms with Crippen LogP contribution in [-0.4, -0.2) is 60.4 Å². The van der Waals surface area contributed by atoms with E-state index in [1.165, 1.54) is 0 Å². The topological polar surface area (TPSA) is 127 Å². The molecule has 38 heavy (non-hydrogen) atoms. The number of hydrogen-bond donors (Lipinski definition) is 1. The normalized spacial score (nSPS) is 23.3. The van der Waals surface area contributed by atoms with Crippen LogP contribution in [-0.2, 0) is 35.1 Å². The van der Waals surface area contributed by atoms with Crippen LogP contribution in [0.5, 0.6) is 0 Å². The quantitative estimate of drug-likeness (QED) is 0.262. The van der Waals surface area contributed by atoms with Crippen LogP contribution in [0.1, 0.15) is 65.4 Å². The lowest BCUT2D eigenvalue weighted by molar-refractivity contribution is -0.162. The predicted molar refractivity (Wildman–Crippen MR) is 139 cm³/mol. The average molecular weight is 533 g/mol. The molecule has 2 aliphatic rings. The third kappa shape index (κ3) is 8.54. The molecule has 0 radical (unpaired) electrons. The number of nitrogens with zero attached hydrogens (tertiary/aromatic N) is 1. The van der Waals surface area contributed by atoms with Crippen LogP contribution in [0.15, 0.2) is 42.0 Å². The van der Waals surface area contributed by atoms with E-state index in [0.29, 0.717) is 13.0 Å². The molecular formula is C28H40N2O8. The van der Waals surface area contributed by atoms with Gasteiger partial charge in [-0.3, -0.25) is 4.90 Å². The summed E-state index contributed by atoms with van der Waals surface area (Å²) in [6.07, 6.45) is 2.43. The number of rotatable bonds is 10. The van der Waals surface area contributed by atoms with E-state index in [0.717, 1.165) is 24.8 Å². The number of nitrogens with two attached hydrogens (primary N) is 1. The highest BCUT2D eigenvalue weighted by atomic mass is 16.7. The molecule has 2 amide bonds. The maximum absolute atomic E-state index is 13.3. The maximum Gasteiger partial charge on any atom is 0.412 e. The van der Waals surface area contributed by atoms with Crippen molar-refractivity contribution in [1.82, 2.24) is 4.90 Å². The van der Waals surface area contributed by atoms with Crippen LogP contribution in [0.2, 0.25) is 0 Å². The number of primary amides is 1. The number of amides is 2. The number of carbonyl (C=O) groups is 3. The Kier molecular flexibility index (Phi) is 10.7. The second-order valence-electron chi connectivity index (χ2n) is 10.5. The molecule has 210 valence electrons. The van der Waals surface area contributed by atoms with Gasteiger partial charge in [0.25, 0.3) is 0 Å². The van der Waals surface area contributed by atoms with Gasteiger partial charge in [0.05, 0.1) is 18.8 Å². The first kappa shape index (κ1) is 29.6. The molecule has 10 heteroatoms. The highest BCUT2D eigenvalue weighted by Crippen LogP contribution is 2.37. The van der Waals surface area contributed by atoms with Crippen molar-refractivity contribution in [2.75, 3.05) is 13.2 Å². The summed E-state index contributed by atoms with van der Waals surface area (Å²) >= 11 is 0. The molecule has 1 aromatic rings. The van der Waals surface area contributed by atoms with Gasteiger partial charge in [-0.05, 0) is 57.1 Å². The van der Waals surface area contributed by atoms with Gasteiger partial charge in [-0.2, -0.15) is 0 Å². The Morgan fingerprint density at radius 3 is 2.55 bits per heavy atom. The zero-order valence-electron chi connectivity index (χ0n) is 22.7. The van der Waals surface area contributed by atoms with Crippen LogP contribution in [0.4, 0.5) is 9.59 Å². The second kappa shape index (κ2) is 13.7. The summed E-state index contributed by atoms with van der Waals surface area (Å²) in [5.41, 5.74) is 5.13. The van der Waals surface area contributed by atoms with Gasteiger partial charge in [-0.1, -0.05) is 44.2 Å². The summed E-state index contributed by atoms with van der Waals surface area (Å²) in [5, 5.41) is 0. The minimum atomic E-state index is -1.20. The molecule has 3 atom stereocenters. The fraction of sp³-hybridized carbons (Fsp3) is 0.607. The van der Waals surface area contributed by atoms with Gasteiger partial charge in [0.2, 0.25) is 0 Å². The Morgan fingerprint density at radius 2 is 1.92 bits per heavy atom. The van der Waals surface area contributed by atoms with E-state index in [1.54, 1.807) is 24.8 Å². The molecule has 2 aliphatic heterocycles. The molecule has 0 aromatic heterocycles. The van der Waals surface area contributed by atoms with Gasteiger partial charge in [0, 0.05) is 18.6 Å². The van der Waals surface area contributed by atoms with Gasteiger partial charge in [0.1, 0.15) is 12.3 Å². The van der Waals surface area contributed by atoms with E-state index in [2.05, 4.69) is 4.74 Å². The van der Waals surface area contributed by atoms with Crippen LogP contribution in [0.25, 0.3) is 0 Å². The minimum absolute atomic E-state index is 0.123. The van der Waals surface area contributed by atoms with Crippen molar-refractivity contribution in [3.05, 3.63) is 47.5 Å². The lowest BCUT2D eigenvalue weighted by Crippen LogP contribution is -2.49. The van der Waals surface area contributed by atoms with E-state index in [9.17, 15) is 14.4 Å². The maximum atomic E-state index is 13.3. The first-order valence-electron chi connectivity index (χ1n) is 13.2. The van der Waals surface area contributed by atoms with E-state index < -0.39 is 36.0 Å². The molecule has 3 unspecified atom stereocenters. The summed E-state index contributed by atoms with van der Waals surface area (Å²) in [4.78, 5) is 38.9. The molecule has 0 aliphatic carbocycles. The standard InChI is InChI=1S/C28H40N2O8/c1-19(2)16-22-23(38-28(3,4)30(22)27(33)36-18-20-10-6-5-7-11-20)17-21(25(31)37-26(29)32)13-15-35-24-12-8-9-14-34-24/h5-7,10-11,17,19,22-24H,8-9,12-16,18H2,1-4H3,(H2,29,32). The Labute approximate surface area is 224 Å². The molecule has 0 saturated carbocycles. The van der Waals surface area contributed by atoms with Gasteiger partial charge < -0.3 is 29.4 Å². The van der Waals surface area contributed by atoms with Crippen molar-refractivity contribution in [3.8, 4) is 0 Å². The Bertz CT molecular complexity index is 972. The highest BCUT2D eigenvalue weighted by Gasteiger charge is 2.50. The first-order valence-corrected chi connectivity index (χ1v) is 13.2. The molecule has 2 fully saturated rings. The van der Waals surface area contributed by atoms with Crippen molar-refractivity contribution < 1.29 is 38.1 Å². The second-order valence-corrected chi connectivity index (χ2v) is 10.5. The summed E-state index contributed by atoms with van der Waals surface area (Å²) in [5.74, 6) is -0.661. The Morgan fingerprint density at radius 1 is 1.18 bits per heavy atom. The first-order chi connectivity index (χ1) is 18.1. The summed E-state index contributed by atoms with van der Waals surface area (Å²) in [6.45, 7) is 8.58. The van der Waals surface area contributed by atoms with E-state index >= 15 is 0 Å². The van der Waals surface area contributed by atoms with Gasteiger partial charge in [0.15, 0.2) is 6.29 Å². The molecule has 1 aromatic carbocycles. The molecule has 2 saturated heterocycles. The zero-order valence-corrected chi connectivity index (χ0v) is 22.7. The molecule has 3 rings (SSSR count). The average Bonchev–Trinajstić information content (AvgIpc) is 3.11. The Balaban J connectivity index is 1.79. The van der Waals surface area contributed by atoms with Gasteiger partial charge in [-0.15, -0.1) is 0 Å². The molecule has 2 heterocycles.